The third kappa shape index (κ3) is 4.14. The van der Waals surface area contributed by atoms with Gasteiger partial charge in [-0.2, -0.15) is 0 Å². The van der Waals surface area contributed by atoms with Crippen LogP contribution in [-0.4, -0.2) is 62.8 Å². The zero-order chi connectivity index (χ0) is 29.1. The van der Waals surface area contributed by atoms with Gasteiger partial charge in [0.15, 0.2) is 5.78 Å². The molecule has 3 aliphatic heterocycles. The van der Waals surface area contributed by atoms with Crippen molar-refractivity contribution in [3.8, 4) is 0 Å². The summed E-state index contributed by atoms with van der Waals surface area (Å²) in [5.41, 5.74) is 4.98. The molecule has 0 saturated carbocycles. The number of ether oxygens (including phenoxy) is 1. The standard InChI is InChI=1S/C31H34N5O4P/c1-31(2)25-8-6-7-9-26(25)34(5)30(31)29-28(37)24-20-23(33(3)4)14-15-27(24)41(29,35-16-18-40-19-17-35)32-21-10-12-22(13-11-21)36(38)39/h6-15,20H,16-19H2,1-5H3/b30-29+/t41-/m1/s1. The molecule has 0 spiro atoms. The number of likely N-dealkylation sites (N-methyl/N-ethyl adjacent to an activating group) is 1. The van der Waals surface area contributed by atoms with E-state index in [1.165, 1.54) is 12.1 Å². The number of nitrogens with zero attached hydrogens (tertiary/aromatic N) is 5. The largest absolute Gasteiger partial charge is 0.379 e. The van der Waals surface area contributed by atoms with E-state index < -0.39 is 17.5 Å². The Morgan fingerprint density at radius 3 is 2.34 bits per heavy atom. The van der Waals surface area contributed by atoms with Crippen molar-refractivity contribution in [3.05, 3.63) is 99.0 Å². The molecule has 0 radical (unpaired) electrons. The van der Waals surface area contributed by atoms with Crippen LogP contribution in [0.15, 0.2) is 82.5 Å². The summed E-state index contributed by atoms with van der Waals surface area (Å²) in [6.45, 7) is 6.69. The number of fused-ring (bicyclic) bond motifs is 2. The van der Waals surface area contributed by atoms with E-state index in [-0.39, 0.29) is 11.5 Å². The van der Waals surface area contributed by atoms with Gasteiger partial charge in [0.25, 0.3) is 5.69 Å². The normalized spacial score (nSPS) is 23.3. The molecule has 3 heterocycles. The fourth-order valence-electron chi connectivity index (χ4n) is 6.43. The Bertz CT molecular complexity index is 1660. The molecule has 212 valence electrons. The predicted octanol–water partition coefficient (Wildman–Crippen LogP) is 5.90. The van der Waals surface area contributed by atoms with Crippen LogP contribution in [0.3, 0.4) is 0 Å². The maximum atomic E-state index is 14.9. The third-order valence-electron chi connectivity index (χ3n) is 8.41. The lowest BCUT2D eigenvalue weighted by molar-refractivity contribution is -0.384. The lowest BCUT2D eigenvalue weighted by Crippen LogP contribution is -2.37. The smallest absolute Gasteiger partial charge is 0.269 e. The molecule has 0 aliphatic carbocycles. The van der Waals surface area contributed by atoms with Gasteiger partial charge in [0.05, 0.1) is 29.1 Å². The summed E-state index contributed by atoms with van der Waals surface area (Å²) >= 11 is 0. The van der Waals surface area contributed by atoms with Crippen molar-refractivity contribution in [2.45, 2.75) is 19.3 Å². The third-order valence-corrected chi connectivity index (χ3v) is 12.3. The second-order valence-electron chi connectivity index (χ2n) is 11.4. The zero-order valence-corrected chi connectivity index (χ0v) is 24.9. The molecule has 3 aromatic carbocycles. The number of rotatable bonds is 4. The molecule has 0 bridgehead atoms. The molecule has 3 aliphatic rings. The van der Waals surface area contributed by atoms with Crippen LogP contribution in [0.2, 0.25) is 0 Å². The Morgan fingerprint density at radius 1 is 1.02 bits per heavy atom. The Hall–Kier alpha value is -3.78. The second-order valence-corrected chi connectivity index (χ2v) is 14.3. The number of benzene rings is 3. The highest BCUT2D eigenvalue weighted by atomic mass is 31.2. The number of anilines is 2. The molecule has 10 heteroatoms. The fraction of sp³-hybridized carbons (Fsp3) is 0.323. The first-order chi connectivity index (χ1) is 19.6. The molecular weight excluding hydrogens is 537 g/mol. The summed E-state index contributed by atoms with van der Waals surface area (Å²) in [7, 11) is 3.07. The maximum absolute atomic E-state index is 14.9. The van der Waals surface area contributed by atoms with Gasteiger partial charge in [-0.15, -0.1) is 0 Å². The van der Waals surface area contributed by atoms with Gasteiger partial charge in [-0.25, -0.2) is 4.74 Å². The summed E-state index contributed by atoms with van der Waals surface area (Å²) in [6, 6.07) is 20.8. The number of para-hydroxylation sites is 1. The molecule has 0 N–H and O–H groups in total. The topological polar surface area (TPSA) is 91.5 Å². The molecule has 9 nitrogen and oxygen atoms in total. The monoisotopic (exact) mass is 571 g/mol. The first-order valence-electron chi connectivity index (χ1n) is 13.7. The van der Waals surface area contributed by atoms with Crippen molar-refractivity contribution in [1.82, 2.24) is 4.67 Å². The quantitative estimate of drug-likeness (QED) is 0.167. The van der Waals surface area contributed by atoms with Gasteiger partial charge in [0.2, 0.25) is 0 Å². The number of carbonyl (C=O) groups excluding carboxylic acids is 1. The minimum atomic E-state index is -2.91. The molecule has 41 heavy (non-hydrogen) atoms. The number of morpholine rings is 1. The minimum absolute atomic E-state index is 0.00285. The second kappa shape index (κ2) is 9.94. The van der Waals surface area contributed by atoms with E-state index in [0.717, 1.165) is 33.3 Å². The fourth-order valence-corrected chi connectivity index (χ4v) is 10.7. The number of allylic oxidation sites excluding steroid dienone is 2. The van der Waals surface area contributed by atoms with Gasteiger partial charge < -0.3 is 14.5 Å². The summed E-state index contributed by atoms with van der Waals surface area (Å²) in [4.78, 5) is 30.0. The van der Waals surface area contributed by atoms with Gasteiger partial charge >= 0.3 is 0 Å². The van der Waals surface area contributed by atoms with Crippen molar-refractivity contribution < 1.29 is 14.5 Å². The van der Waals surface area contributed by atoms with Crippen LogP contribution in [0.25, 0.3) is 0 Å². The van der Waals surface area contributed by atoms with E-state index in [0.29, 0.717) is 37.6 Å². The highest BCUT2D eigenvalue weighted by Crippen LogP contribution is 2.69. The Morgan fingerprint density at radius 2 is 1.71 bits per heavy atom. The first kappa shape index (κ1) is 27.4. The Labute approximate surface area is 240 Å². The van der Waals surface area contributed by atoms with Crippen molar-refractivity contribution in [1.29, 1.82) is 0 Å². The van der Waals surface area contributed by atoms with E-state index in [4.69, 9.17) is 9.48 Å². The van der Waals surface area contributed by atoms with E-state index >= 15 is 0 Å². The molecule has 1 saturated heterocycles. The van der Waals surface area contributed by atoms with Crippen molar-refractivity contribution in [2.24, 2.45) is 4.74 Å². The van der Waals surface area contributed by atoms with Crippen LogP contribution in [0.4, 0.5) is 22.7 Å². The van der Waals surface area contributed by atoms with Crippen LogP contribution in [0.1, 0.15) is 29.8 Å². The van der Waals surface area contributed by atoms with Crippen molar-refractivity contribution >= 4 is 41.0 Å². The SMILES string of the molecule is CN(C)c1ccc2c(c1)C(=O)/C(=C1\N(C)c3ccccc3C1(C)C)[P@]2(=Nc1ccc([N+](=O)[O-])cc1)N1CCOCC1. The highest BCUT2D eigenvalue weighted by Gasteiger charge is 2.53. The van der Waals surface area contributed by atoms with Gasteiger partial charge in [0, 0.05) is 79.7 Å². The molecule has 1 atom stereocenters. The van der Waals surface area contributed by atoms with E-state index in [1.807, 2.05) is 44.2 Å². The van der Waals surface area contributed by atoms with Crippen molar-refractivity contribution in [2.75, 3.05) is 57.2 Å². The summed E-state index contributed by atoms with van der Waals surface area (Å²) in [5, 5.41) is 13.1. The van der Waals surface area contributed by atoms with Crippen LogP contribution in [0, 0.1) is 10.1 Å². The summed E-state index contributed by atoms with van der Waals surface area (Å²) in [6.07, 6.45) is 0. The molecule has 0 aromatic heterocycles. The average molecular weight is 572 g/mol. The minimum Gasteiger partial charge on any atom is -0.379 e. The number of hydrogen-bond acceptors (Lipinski definition) is 7. The molecule has 6 rings (SSSR count). The van der Waals surface area contributed by atoms with Gasteiger partial charge in [-0.3, -0.25) is 19.6 Å². The molecule has 1 fully saturated rings. The summed E-state index contributed by atoms with van der Waals surface area (Å²) in [5.74, 6) is -0.00285. The zero-order valence-electron chi connectivity index (χ0n) is 24.0. The molecular formula is C31H34N5O4P. The molecule has 0 unspecified atom stereocenters. The van der Waals surface area contributed by atoms with E-state index in [1.54, 1.807) is 12.1 Å². The number of carbonyl (C=O) groups is 1. The van der Waals surface area contributed by atoms with Gasteiger partial charge in [-0.1, -0.05) is 32.0 Å². The summed E-state index contributed by atoms with van der Waals surface area (Å²) < 4.78 is 13.6. The number of nitro benzene ring substituents is 1. The lowest BCUT2D eigenvalue weighted by Gasteiger charge is -2.39. The number of hydrogen-bond donors (Lipinski definition) is 0. The molecule has 0 amide bonds. The van der Waals surface area contributed by atoms with E-state index in [9.17, 15) is 14.9 Å². The lowest BCUT2D eigenvalue weighted by atomic mass is 9.83. The number of Topliss-reactive ketones (excluding diaryl/α,β-unsaturated/α-hetero) is 1. The maximum Gasteiger partial charge on any atom is 0.269 e. The number of nitro groups is 1. The number of non-ortho nitro benzene ring substituents is 1. The van der Waals surface area contributed by atoms with Gasteiger partial charge in [-0.05, 0) is 42.0 Å². The highest BCUT2D eigenvalue weighted by molar-refractivity contribution is 7.78. The Kier molecular flexibility index (Phi) is 6.64. The van der Waals surface area contributed by atoms with Crippen molar-refractivity contribution in [3.63, 3.8) is 0 Å². The van der Waals surface area contributed by atoms with Crippen LogP contribution < -0.4 is 15.1 Å². The van der Waals surface area contributed by atoms with Gasteiger partial charge in [0.1, 0.15) is 7.21 Å². The number of ketones is 1. The predicted molar refractivity (Wildman–Crippen MR) is 164 cm³/mol. The average Bonchev–Trinajstić information content (AvgIpc) is 3.32. The molecule has 3 aromatic rings. The van der Waals surface area contributed by atoms with E-state index in [2.05, 4.69) is 47.7 Å². The first-order valence-corrected chi connectivity index (χ1v) is 15.4. The Balaban J connectivity index is 1.74. The van der Waals surface area contributed by atoms with Crippen LogP contribution in [-0.2, 0) is 10.2 Å². The van der Waals surface area contributed by atoms with Crippen LogP contribution >= 0.6 is 7.21 Å². The van der Waals surface area contributed by atoms with Crippen LogP contribution in [0.5, 0.6) is 0 Å².